The Labute approximate surface area is 123 Å². The largest absolute Gasteiger partial charge is 0.464 e. The molecule has 2 rings (SSSR count). The zero-order valence-corrected chi connectivity index (χ0v) is 12.6. The van der Waals surface area contributed by atoms with Crippen LogP contribution in [0.4, 0.5) is 8.78 Å². The number of hydrogen-bond acceptors (Lipinski definition) is 3. The fraction of sp³-hybridized carbons (Fsp3) is 0.733. The third-order valence-corrected chi connectivity index (χ3v) is 4.51. The van der Waals surface area contributed by atoms with Gasteiger partial charge in [0, 0.05) is 0 Å². The van der Waals surface area contributed by atoms with Crippen LogP contribution in [0.5, 0.6) is 0 Å². The molecule has 0 aromatic carbocycles. The highest BCUT2D eigenvalue weighted by molar-refractivity contribution is 7.98. The lowest BCUT2D eigenvalue weighted by Crippen LogP contribution is -2.15. The fourth-order valence-electron chi connectivity index (χ4n) is 2.77. The number of alkyl halides is 2. The van der Waals surface area contributed by atoms with Gasteiger partial charge in [-0.15, -0.1) is 0 Å². The smallest absolute Gasteiger partial charge is 0.284 e. The molecule has 0 saturated heterocycles. The van der Waals surface area contributed by atoms with Crippen LogP contribution in [-0.2, 0) is 12.3 Å². The first-order valence-corrected chi connectivity index (χ1v) is 8.47. The highest BCUT2D eigenvalue weighted by Gasteiger charge is 2.13. The molecule has 0 unspecified atom stereocenters. The molecule has 0 bridgehead atoms. The maximum atomic E-state index is 12.1. The van der Waals surface area contributed by atoms with E-state index in [0.29, 0.717) is 24.1 Å². The average Bonchev–Trinajstić information content (AvgIpc) is 3.07. The van der Waals surface area contributed by atoms with Crippen molar-refractivity contribution in [2.75, 3.05) is 6.54 Å². The third kappa shape index (κ3) is 5.83. The molecule has 5 heteroatoms. The van der Waals surface area contributed by atoms with Crippen LogP contribution in [0.3, 0.4) is 0 Å². The monoisotopic (exact) mass is 303 g/mol. The number of thioether (sulfide) groups is 1. The molecule has 0 spiro atoms. The SMILES string of the molecule is FC(F)SCc1ccc(CNCCCC2CCCC2)o1. The third-order valence-electron chi connectivity index (χ3n) is 3.81. The highest BCUT2D eigenvalue weighted by atomic mass is 32.2. The summed E-state index contributed by atoms with van der Waals surface area (Å²) in [6, 6.07) is 3.65. The van der Waals surface area contributed by atoms with Gasteiger partial charge in [0.2, 0.25) is 0 Å². The Morgan fingerprint density at radius 2 is 2.00 bits per heavy atom. The van der Waals surface area contributed by atoms with Crippen LogP contribution in [0.1, 0.15) is 50.0 Å². The molecule has 1 aromatic heterocycles. The van der Waals surface area contributed by atoms with Gasteiger partial charge in [-0.25, -0.2) is 0 Å². The summed E-state index contributed by atoms with van der Waals surface area (Å²) in [5.74, 6) is 0.295. The molecule has 1 aliphatic rings. The molecule has 1 aromatic rings. The van der Waals surface area contributed by atoms with Crippen molar-refractivity contribution in [3.05, 3.63) is 23.7 Å². The van der Waals surface area contributed by atoms with Gasteiger partial charge in [-0.3, -0.25) is 0 Å². The second-order valence-electron chi connectivity index (χ2n) is 5.41. The van der Waals surface area contributed by atoms with E-state index in [2.05, 4.69) is 5.32 Å². The van der Waals surface area contributed by atoms with Crippen molar-refractivity contribution in [2.24, 2.45) is 5.92 Å². The van der Waals surface area contributed by atoms with Crippen LogP contribution in [0.2, 0.25) is 0 Å². The second kappa shape index (κ2) is 8.67. The van der Waals surface area contributed by atoms with E-state index in [1.54, 1.807) is 6.07 Å². The first-order chi connectivity index (χ1) is 9.74. The molecule has 20 heavy (non-hydrogen) atoms. The van der Waals surface area contributed by atoms with Gasteiger partial charge < -0.3 is 9.73 Å². The molecule has 0 amide bonds. The molecule has 1 fully saturated rings. The van der Waals surface area contributed by atoms with E-state index >= 15 is 0 Å². The van der Waals surface area contributed by atoms with Crippen molar-refractivity contribution >= 4 is 11.8 Å². The lowest BCUT2D eigenvalue weighted by atomic mass is 10.0. The predicted molar refractivity (Wildman–Crippen MR) is 78.9 cm³/mol. The standard InChI is InChI=1S/C15H23F2NOS/c16-15(17)20-11-14-8-7-13(19-14)10-18-9-3-6-12-4-1-2-5-12/h7-8,12,15,18H,1-6,9-11H2. The maximum Gasteiger partial charge on any atom is 0.284 e. The van der Waals surface area contributed by atoms with E-state index in [-0.39, 0.29) is 5.75 Å². The highest BCUT2D eigenvalue weighted by Crippen LogP contribution is 2.28. The van der Waals surface area contributed by atoms with Crippen LogP contribution in [0.15, 0.2) is 16.5 Å². The van der Waals surface area contributed by atoms with Crippen LogP contribution in [0.25, 0.3) is 0 Å². The van der Waals surface area contributed by atoms with Gasteiger partial charge in [-0.2, -0.15) is 8.78 Å². The van der Waals surface area contributed by atoms with Gasteiger partial charge in [0.1, 0.15) is 11.5 Å². The molecule has 0 aliphatic heterocycles. The summed E-state index contributed by atoms with van der Waals surface area (Å²) < 4.78 is 29.6. The van der Waals surface area contributed by atoms with Crippen LogP contribution in [-0.4, -0.2) is 12.3 Å². The first kappa shape index (κ1) is 15.8. The van der Waals surface area contributed by atoms with Crippen LogP contribution in [0, 0.1) is 5.92 Å². The number of furan rings is 1. The molecule has 2 nitrogen and oxygen atoms in total. The van der Waals surface area contributed by atoms with Gasteiger partial charge in [0.25, 0.3) is 5.76 Å². The van der Waals surface area contributed by atoms with Crippen LogP contribution >= 0.6 is 11.8 Å². The summed E-state index contributed by atoms with van der Waals surface area (Å²) in [6.45, 7) is 1.68. The number of nitrogens with one attached hydrogen (secondary N) is 1. The lowest BCUT2D eigenvalue weighted by molar-refractivity contribution is 0.251. The average molecular weight is 303 g/mol. The van der Waals surface area contributed by atoms with Crippen molar-refractivity contribution in [1.82, 2.24) is 5.32 Å². The maximum absolute atomic E-state index is 12.1. The van der Waals surface area contributed by atoms with E-state index in [0.717, 1.165) is 18.2 Å². The van der Waals surface area contributed by atoms with E-state index < -0.39 is 5.76 Å². The normalized spacial score (nSPS) is 16.4. The molecule has 0 atom stereocenters. The minimum Gasteiger partial charge on any atom is -0.464 e. The van der Waals surface area contributed by atoms with Crippen molar-refractivity contribution in [3.63, 3.8) is 0 Å². The van der Waals surface area contributed by atoms with Crippen molar-refractivity contribution in [1.29, 1.82) is 0 Å². The molecule has 0 radical (unpaired) electrons. The zero-order chi connectivity index (χ0) is 14.2. The topological polar surface area (TPSA) is 25.2 Å². The Hall–Kier alpha value is -0.550. The summed E-state index contributed by atoms with van der Waals surface area (Å²) in [5.41, 5.74) is 0. The zero-order valence-electron chi connectivity index (χ0n) is 11.7. The molecule has 114 valence electrons. The Balaban J connectivity index is 1.54. The molecular weight excluding hydrogens is 280 g/mol. The minimum atomic E-state index is -2.34. The lowest BCUT2D eigenvalue weighted by Gasteiger charge is -2.08. The fourth-order valence-corrected chi connectivity index (χ4v) is 3.21. The molecule has 1 aliphatic carbocycles. The Kier molecular flexibility index (Phi) is 6.87. The van der Waals surface area contributed by atoms with Crippen molar-refractivity contribution < 1.29 is 13.2 Å². The number of rotatable bonds is 9. The molecule has 1 heterocycles. The van der Waals surface area contributed by atoms with Crippen LogP contribution < -0.4 is 5.32 Å². The summed E-state index contributed by atoms with van der Waals surface area (Å²) in [5, 5.41) is 3.36. The Morgan fingerprint density at radius 1 is 1.25 bits per heavy atom. The van der Waals surface area contributed by atoms with Crippen molar-refractivity contribution in [3.8, 4) is 0 Å². The van der Waals surface area contributed by atoms with E-state index in [1.165, 1.54) is 38.5 Å². The van der Waals surface area contributed by atoms with E-state index in [1.807, 2.05) is 6.07 Å². The first-order valence-electron chi connectivity index (χ1n) is 7.42. The summed E-state index contributed by atoms with van der Waals surface area (Å²) in [6.07, 6.45) is 8.15. The number of hydrogen-bond donors (Lipinski definition) is 1. The van der Waals surface area contributed by atoms with E-state index in [9.17, 15) is 8.78 Å². The number of halogens is 2. The summed E-state index contributed by atoms with van der Waals surface area (Å²) >= 11 is 0.596. The van der Waals surface area contributed by atoms with E-state index in [4.69, 9.17) is 4.42 Å². The molecular formula is C15H23F2NOS. The predicted octanol–water partition coefficient (Wildman–Crippen LogP) is 4.80. The van der Waals surface area contributed by atoms with Gasteiger partial charge in [0.05, 0.1) is 12.3 Å². The van der Waals surface area contributed by atoms with Gasteiger partial charge in [-0.05, 0) is 37.4 Å². The Bertz CT molecular complexity index is 378. The summed E-state index contributed by atoms with van der Waals surface area (Å²) in [4.78, 5) is 0. The minimum absolute atomic E-state index is 0.235. The second-order valence-corrected chi connectivity index (χ2v) is 6.39. The molecule has 1 N–H and O–H groups in total. The van der Waals surface area contributed by atoms with Crippen molar-refractivity contribution in [2.45, 2.75) is 56.6 Å². The quantitative estimate of drug-likeness (QED) is 0.664. The van der Waals surface area contributed by atoms with Gasteiger partial charge in [-0.1, -0.05) is 37.4 Å². The molecule has 1 saturated carbocycles. The summed E-state index contributed by atoms with van der Waals surface area (Å²) in [7, 11) is 0. The van der Waals surface area contributed by atoms with Gasteiger partial charge >= 0.3 is 0 Å². The van der Waals surface area contributed by atoms with Gasteiger partial charge in [0.15, 0.2) is 0 Å². The Morgan fingerprint density at radius 3 is 2.75 bits per heavy atom.